The summed E-state index contributed by atoms with van der Waals surface area (Å²) in [4.78, 5) is 10.4. The van der Waals surface area contributed by atoms with E-state index in [1.807, 2.05) is 24.3 Å². The molecule has 0 saturated heterocycles. The highest BCUT2D eigenvalue weighted by atomic mass is 79.9. The summed E-state index contributed by atoms with van der Waals surface area (Å²) in [7, 11) is 0. The van der Waals surface area contributed by atoms with Crippen LogP contribution < -0.4 is 10.7 Å². The van der Waals surface area contributed by atoms with Crippen LogP contribution in [0.2, 0.25) is 0 Å². The molecular weight excluding hydrogens is 368 g/mol. The smallest absolute Gasteiger partial charge is 0.292 e. The minimum absolute atomic E-state index is 0.0542. The number of nitrogens with one attached hydrogen (secondary N) is 2. The van der Waals surface area contributed by atoms with Crippen molar-refractivity contribution in [2.24, 2.45) is 5.10 Å². The van der Waals surface area contributed by atoms with E-state index < -0.39 is 4.92 Å². The topological polar surface area (TPSA) is 79.6 Å². The Morgan fingerprint density at radius 3 is 2.64 bits per heavy atom. The molecule has 0 aliphatic carbocycles. The zero-order chi connectivity index (χ0) is 15.9. The van der Waals surface area contributed by atoms with E-state index in [2.05, 4.69) is 31.8 Å². The number of hydrogen-bond acceptors (Lipinski definition) is 4. The molecule has 2 rings (SSSR count). The third-order valence-electron chi connectivity index (χ3n) is 2.62. The maximum absolute atomic E-state index is 10.9. The standard InChI is InChI=1S/C14H11BrN4O2S/c15-11-6-2-1-5-10(11)9-16-18-14(22)17-12-7-3-4-8-13(12)19(20)21/h1-9H,(H2,17,18,22)/b16-9-. The average Bonchev–Trinajstić information content (AvgIpc) is 2.49. The van der Waals surface area contributed by atoms with Crippen LogP contribution in [-0.4, -0.2) is 16.3 Å². The van der Waals surface area contributed by atoms with Gasteiger partial charge in [0.05, 0.1) is 11.1 Å². The van der Waals surface area contributed by atoms with E-state index in [1.165, 1.54) is 6.07 Å². The Morgan fingerprint density at radius 1 is 1.23 bits per heavy atom. The molecule has 0 bridgehead atoms. The lowest BCUT2D eigenvalue weighted by atomic mass is 10.2. The molecule has 0 radical (unpaired) electrons. The second kappa shape index (κ2) is 7.62. The summed E-state index contributed by atoms with van der Waals surface area (Å²) >= 11 is 8.46. The summed E-state index contributed by atoms with van der Waals surface area (Å²) in [6.07, 6.45) is 1.59. The van der Waals surface area contributed by atoms with Gasteiger partial charge in [-0.2, -0.15) is 5.10 Å². The minimum Gasteiger partial charge on any atom is -0.326 e. The third kappa shape index (κ3) is 4.34. The van der Waals surface area contributed by atoms with Gasteiger partial charge in [-0.25, -0.2) is 0 Å². The van der Waals surface area contributed by atoms with Gasteiger partial charge in [0.25, 0.3) is 5.69 Å². The zero-order valence-corrected chi connectivity index (χ0v) is 13.6. The first-order valence-corrected chi connectivity index (χ1v) is 7.36. The van der Waals surface area contributed by atoms with Gasteiger partial charge in [-0.05, 0) is 24.4 Å². The van der Waals surface area contributed by atoms with Gasteiger partial charge < -0.3 is 5.32 Å². The Balaban J connectivity index is 2.00. The molecule has 2 aromatic carbocycles. The number of hydrazone groups is 1. The number of nitrogens with zero attached hydrogens (tertiary/aromatic N) is 2. The predicted octanol–water partition coefficient (Wildman–Crippen LogP) is 3.68. The molecule has 0 fully saturated rings. The molecule has 0 unspecified atom stereocenters. The van der Waals surface area contributed by atoms with Gasteiger partial charge in [-0.3, -0.25) is 15.5 Å². The molecule has 0 saturated carbocycles. The molecule has 0 aromatic heterocycles. The highest BCUT2D eigenvalue weighted by molar-refractivity contribution is 9.10. The number of anilines is 1. The fourth-order valence-corrected chi connectivity index (χ4v) is 2.18. The van der Waals surface area contributed by atoms with E-state index in [9.17, 15) is 10.1 Å². The maximum Gasteiger partial charge on any atom is 0.292 e. The zero-order valence-electron chi connectivity index (χ0n) is 11.2. The van der Waals surface area contributed by atoms with E-state index in [1.54, 1.807) is 24.4 Å². The number of para-hydroxylation sites is 2. The Hall–Kier alpha value is -2.32. The van der Waals surface area contributed by atoms with Crippen LogP contribution in [0.4, 0.5) is 11.4 Å². The monoisotopic (exact) mass is 378 g/mol. The number of halogens is 1. The molecule has 8 heteroatoms. The molecule has 2 aromatic rings. The second-order valence-electron chi connectivity index (χ2n) is 4.12. The van der Waals surface area contributed by atoms with Crippen LogP contribution in [-0.2, 0) is 0 Å². The van der Waals surface area contributed by atoms with Gasteiger partial charge in [-0.1, -0.05) is 46.3 Å². The molecule has 22 heavy (non-hydrogen) atoms. The number of thiocarbonyl (C=S) groups is 1. The molecule has 112 valence electrons. The summed E-state index contributed by atoms with van der Waals surface area (Å²) in [5.41, 5.74) is 3.75. The first kappa shape index (κ1) is 16.1. The van der Waals surface area contributed by atoms with Crippen molar-refractivity contribution in [3.05, 3.63) is 68.7 Å². The van der Waals surface area contributed by atoms with E-state index >= 15 is 0 Å². The number of rotatable bonds is 4. The van der Waals surface area contributed by atoms with Crippen molar-refractivity contribution < 1.29 is 4.92 Å². The summed E-state index contributed by atoms with van der Waals surface area (Å²) < 4.78 is 0.901. The van der Waals surface area contributed by atoms with Crippen LogP contribution in [0.3, 0.4) is 0 Å². The lowest BCUT2D eigenvalue weighted by Crippen LogP contribution is -2.24. The van der Waals surface area contributed by atoms with Gasteiger partial charge >= 0.3 is 0 Å². The molecule has 0 spiro atoms. The van der Waals surface area contributed by atoms with Crippen molar-refractivity contribution in [2.75, 3.05) is 5.32 Å². The van der Waals surface area contributed by atoms with Crippen LogP contribution in [0.5, 0.6) is 0 Å². The Bertz CT molecular complexity index is 736. The van der Waals surface area contributed by atoms with Gasteiger partial charge in [-0.15, -0.1) is 0 Å². The van der Waals surface area contributed by atoms with Crippen molar-refractivity contribution in [3.8, 4) is 0 Å². The van der Waals surface area contributed by atoms with Crippen molar-refractivity contribution in [3.63, 3.8) is 0 Å². The first-order valence-electron chi connectivity index (χ1n) is 6.16. The van der Waals surface area contributed by atoms with E-state index in [-0.39, 0.29) is 10.8 Å². The van der Waals surface area contributed by atoms with E-state index in [0.29, 0.717) is 5.69 Å². The fraction of sp³-hybridized carbons (Fsp3) is 0. The predicted molar refractivity (Wildman–Crippen MR) is 94.2 cm³/mol. The van der Waals surface area contributed by atoms with Crippen molar-refractivity contribution in [1.29, 1.82) is 0 Å². The highest BCUT2D eigenvalue weighted by Gasteiger charge is 2.12. The quantitative estimate of drug-likeness (QED) is 0.367. The lowest BCUT2D eigenvalue weighted by molar-refractivity contribution is -0.383. The Labute approximate surface area is 140 Å². The van der Waals surface area contributed by atoms with Crippen molar-refractivity contribution >= 4 is 50.8 Å². The molecule has 0 aliphatic rings. The van der Waals surface area contributed by atoms with Gasteiger partial charge in [0.2, 0.25) is 0 Å². The van der Waals surface area contributed by atoms with Crippen LogP contribution in [0.1, 0.15) is 5.56 Å². The van der Waals surface area contributed by atoms with Gasteiger partial charge in [0.1, 0.15) is 5.69 Å². The van der Waals surface area contributed by atoms with Crippen LogP contribution in [0.15, 0.2) is 58.1 Å². The molecule has 0 aliphatic heterocycles. The van der Waals surface area contributed by atoms with Crippen molar-refractivity contribution in [2.45, 2.75) is 0 Å². The summed E-state index contributed by atoms with van der Waals surface area (Å²) in [6, 6.07) is 13.8. The number of benzene rings is 2. The van der Waals surface area contributed by atoms with Crippen LogP contribution in [0.25, 0.3) is 0 Å². The highest BCUT2D eigenvalue weighted by Crippen LogP contribution is 2.22. The molecule has 2 N–H and O–H groups in total. The van der Waals surface area contributed by atoms with E-state index in [0.717, 1.165) is 10.0 Å². The third-order valence-corrected chi connectivity index (χ3v) is 3.54. The molecule has 0 amide bonds. The fourth-order valence-electron chi connectivity index (χ4n) is 1.63. The number of hydrogen-bond donors (Lipinski definition) is 2. The summed E-state index contributed by atoms with van der Waals surface area (Å²) in [5.74, 6) is 0. The van der Waals surface area contributed by atoms with Crippen molar-refractivity contribution in [1.82, 2.24) is 5.43 Å². The van der Waals surface area contributed by atoms with Crippen LogP contribution in [0, 0.1) is 10.1 Å². The minimum atomic E-state index is -0.477. The maximum atomic E-state index is 10.9. The Kier molecular flexibility index (Phi) is 5.56. The van der Waals surface area contributed by atoms with Gasteiger partial charge in [0.15, 0.2) is 5.11 Å². The van der Waals surface area contributed by atoms with Crippen LogP contribution >= 0.6 is 28.1 Å². The number of nitro groups is 1. The largest absolute Gasteiger partial charge is 0.326 e. The first-order chi connectivity index (χ1) is 10.6. The van der Waals surface area contributed by atoms with Gasteiger partial charge in [0, 0.05) is 16.1 Å². The second-order valence-corrected chi connectivity index (χ2v) is 5.38. The average molecular weight is 379 g/mol. The normalized spacial score (nSPS) is 10.4. The van der Waals surface area contributed by atoms with E-state index in [4.69, 9.17) is 12.2 Å². The number of nitro benzene ring substituents is 1. The SMILES string of the molecule is O=[N+]([O-])c1ccccc1NC(=S)N/N=C\c1ccccc1Br. The summed E-state index contributed by atoms with van der Waals surface area (Å²) in [6.45, 7) is 0. The molecule has 0 atom stereocenters. The lowest BCUT2D eigenvalue weighted by Gasteiger charge is -2.07. The summed E-state index contributed by atoms with van der Waals surface area (Å²) in [5, 5.41) is 17.8. The molecular formula is C14H11BrN4O2S. The molecule has 6 nitrogen and oxygen atoms in total. The Morgan fingerprint density at radius 2 is 1.91 bits per heavy atom. The molecule has 0 heterocycles.